The number of carbonyl (C=O) groups excluding carboxylic acids is 1. The Labute approximate surface area is 126 Å². The normalized spacial score (nSPS) is 12.8. The summed E-state index contributed by atoms with van der Waals surface area (Å²) in [4.78, 5) is 16.0. The number of ether oxygens (including phenoxy) is 2. The molecule has 0 atom stereocenters. The first-order valence-corrected chi connectivity index (χ1v) is 6.89. The summed E-state index contributed by atoms with van der Waals surface area (Å²) in [6.45, 7) is 1.37. The zero-order valence-electron chi connectivity index (χ0n) is 11.1. The van der Waals surface area contributed by atoms with Gasteiger partial charge < -0.3 is 14.8 Å². The maximum Gasteiger partial charge on any atom is 0.254 e. The molecule has 0 radical (unpaired) electrons. The molecule has 2 heterocycles. The van der Waals surface area contributed by atoms with Crippen molar-refractivity contribution in [3.63, 3.8) is 0 Å². The summed E-state index contributed by atoms with van der Waals surface area (Å²) >= 11 is 5.90. The molecular weight excluding hydrogens is 292 g/mol. The van der Waals surface area contributed by atoms with Crippen LogP contribution in [0.5, 0.6) is 11.5 Å². The summed E-state index contributed by atoms with van der Waals surface area (Å²) in [7, 11) is 0. The molecule has 1 aliphatic rings. The Morgan fingerprint density at radius 1 is 1.24 bits per heavy atom. The molecule has 5 nitrogen and oxygen atoms in total. The number of nitrogens with one attached hydrogen (secondary N) is 1. The van der Waals surface area contributed by atoms with E-state index in [0.29, 0.717) is 36.8 Å². The Morgan fingerprint density at radius 3 is 2.95 bits per heavy atom. The first kappa shape index (κ1) is 13.7. The molecule has 21 heavy (non-hydrogen) atoms. The van der Waals surface area contributed by atoms with Crippen LogP contribution in [0.15, 0.2) is 36.5 Å². The van der Waals surface area contributed by atoms with Crippen LogP contribution in [-0.4, -0.2) is 24.1 Å². The van der Waals surface area contributed by atoms with Crippen LogP contribution in [0.2, 0.25) is 5.15 Å². The molecule has 1 aliphatic heterocycles. The minimum atomic E-state index is -0.276. The van der Waals surface area contributed by atoms with Crippen LogP contribution in [0.1, 0.15) is 15.9 Å². The Bertz CT molecular complexity index is 676. The van der Waals surface area contributed by atoms with Gasteiger partial charge in [0.2, 0.25) is 0 Å². The summed E-state index contributed by atoms with van der Waals surface area (Å²) in [6.07, 6.45) is 1.54. The van der Waals surface area contributed by atoms with E-state index in [1.165, 1.54) is 6.20 Å². The van der Waals surface area contributed by atoms with Crippen molar-refractivity contribution in [3.8, 4) is 11.5 Å². The van der Waals surface area contributed by atoms with Crippen LogP contribution in [0.3, 0.4) is 0 Å². The minimum absolute atomic E-state index is 0.185. The maximum atomic E-state index is 12.1. The zero-order chi connectivity index (χ0) is 14.7. The van der Waals surface area contributed by atoms with Gasteiger partial charge in [-0.1, -0.05) is 23.7 Å². The fraction of sp³-hybridized carbons (Fsp3) is 0.200. The van der Waals surface area contributed by atoms with Crippen molar-refractivity contribution in [1.29, 1.82) is 0 Å². The molecule has 1 N–H and O–H groups in total. The van der Waals surface area contributed by atoms with Gasteiger partial charge in [-0.2, -0.15) is 0 Å². The highest BCUT2D eigenvalue weighted by Crippen LogP contribution is 2.33. The van der Waals surface area contributed by atoms with Crippen molar-refractivity contribution in [3.05, 3.63) is 52.8 Å². The van der Waals surface area contributed by atoms with Crippen LogP contribution in [-0.2, 0) is 6.54 Å². The van der Waals surface area contributed by atoms with E-state index in [1.807, 2.05) is 18.2 Å². The highest BCUT2D eigenvalue weighted by Gasteiger charge is 2.17. The number of fused-ring (bicyclic) bond motifs is 1. The van der Waals surface area contributed by atoms with Crippen LogP contribution in [0.4, 0.5) is 0 Å². The first-order chi connectivity index (χ1) is 10.3. The van der Waals surface area contributed by atoms with E-state index in [1.54, 1.807) is 12.1 Å². The van der Waals surface area contributed by atoms with Gasteiger partial charge in [-0.05, 0) is 18.2 Å². The second-order valence-electron chi connectivity index (χ2n) is 4.47. The predicted molar refractivity (Wildman–Crippen MR) is 77.8 cm³/mol. The molecule has 0 bridgehead atoms. The van der Waals surface area contributed by atoms with E-state index in [-0.39, 0.29) is 11.1 Å². The predicted octanol–water partition coefficient (Wildman–Crippen LogP) is 2.44. The van der Waals surface area contributed by atoms with E-state index in [2.05, 4.69) is 10.3 Å². The molecule has 0 unspecified atom stereocenters. The number of benzene rings is 1. The lowest BCUT2D eigenvalue weighted by Crippen LogP contribution is -2.24. The lowest BCUT2D eigenvalue weighted by molar-refractivity contribution is 0.0949. The monoisotopic (exact) mass is 304 g/mol. The average Bonchev–Trinajstić information content (AvgIpc) is 2.53. The second kappa shape index (κ2) is 6.01. The fourth-order valence-electron chi connectivity index (χ4n) is 2.10. The first-order valence-electron chi connectivity index (χ1n) is 6.52. The number of rotatable bonds is 3. The summed E-state index contributed by atoms with van der Waals surface area (Å²) in [5, 5.41) is 2.99. The number of hydrogen-bond donors (Lipinski definition) is 1. The second-order valence-corrected chi connectivity index (χ2v) is 4.82. The van der Waals surface area contributed by atoms with E-state index in [9.17, 15) is 4.79 Å². The molecule has 1 aromatic carbocycles. The molecule has 0 fully saturated rings. The molecule has 1 amide bonds. The number of nitrogens with zero attached hydrogens (tertiary/aromatic N) is 1. The molecular formula is C15H13ClN2O3. The molecule has 0 saturated heterocycles. The fourth-order valence-corrected chi connectivity index (χ4v) is 2.30. The van der Waals surface area contributed by atoms with Crippen molar-refractivity contribution >= 4 is 17.5 Å². The van der Waals surface area contributed by atoms with Gasteiger partial charge in [0.15, 0.2) is 11.5 Å². The van der Waals surface area contributed by atoms with Crippen molar-refractivity contribution in [2.24, 2.45) is 0 Å². The summed E-state index contributed by atoms with van der Waals surface area (Å²) in [5.41, 5.74) is 1.21. The average molecular weight is 305 g/mol. The van der Waals surface area contributed by atoms with E-state index in [4.69, 9.17) is 21.1 Å². The summed E-state index contributed by atoms with van der Waals surface area (Å²) < 4.78 is 11.1. The standard InChI is InChI=1S/C15H13ClN2O3/c16-14-11(4-2-6-17-14)15(19)18-9-10-3-1-5-12-13(10)21-8-7-20-12/h1-6H,7-9H2,(H,18,19). The van der Waals surface area contributed by atoms with Gasteiger partial charge in [-0.25, -0.2) is 4.98 Å². The molecule has 0 aliphatic carbocycles. The Hall–Kier alpha value is -2.27. The Kier molecular flexibility index (Phi) is 3.92. The van der Waals surface area contributed by atoms with E-state index in [0.717, 1.165) is 5.56 Å². The van der Waals surface area contributed by atoms with Crippen molar-refractivity contribution < 1.29 is 14.3 Å². The number of hydrogen-bond acceptors (Lipinski definition) is 4. The number of halogens is 1. The highest BCUT2D eigenvalue weighted by atomic mass is 35.5. The maximum absolute atomic E-state index is 12.1. The van der Waals surface area contributed by atoms with E-state index >= 15 is 0 Å². The largest absolute Gasteiger partial charge is 0.486 e. The van der Waals surface area contributed by atoms with Gasteiger partial charge in [0.1, 0.15) is 18.4 Å². The van der Waals surface area contributed by atoms with Crippen molar-refractivity contribution in [2.75, 3.05) is 13.2 Å². The molecule has 3 rings (SSSR count). The van der Waals surface area contributed by atoms with Gasteiger partial charge >= 0.3 is 0 Å². The third kappa shape index (κ3) is 2.92. The number of amides is 1. The van der Waals surface area contributed by atoms with Crippen molar-refractivity contribution in [2.45, 2.75) is 6.54 Å². The lowest BCUT2D eigenvalue weighted by atomic mass is 10.1. The summed E-state index contributed by atoms with van der Waals surface area (Å²) in [5.74, 6) is 1.11. The van der Waals surface area contributed by atoms with E-state index < -0.39 is 0 Å². The SMILES string of the molecule is O=C(NCc1cccc2c1OCCO2)c1cccnc1Cl. The zero-order valence-corrected chi connectivity index (χ0v) is 11.9. The smallest absolute Gasteiger partial charge is 0.254 e. The number of pyridine rings is 1. The quantitative estimate of drug-likeness (QED) is 0.885. The minimum Gasteiger partial charge on any atom is -0.486 e. The van der Waals surface area contributed by atoms with Crippen molar-refractivity contribution in [1.82, 2.24) is 10.3 Å². The number of para-hydroxylation sites is 1. The molecule has 0 spiro atoms. The van der Waals surface area contributed by atoms with Gasteiger partial charge in [0, 0.05) is 18.3 Å². The number of carbonyl (C=O) groups is 1. The Morgan fingerprint density at radius 2 is 2.10 bits per heavy atom. The van der Waals surface area contributed by atoms with Crippen LogP contribution >= 0.6 is 11.6 Å². The third-order valence-electron chi connectivity index (χ3n) is 3.09. The third-order valence-corrected chi connectivity index (χ3v) is 3.39. The lowest BCUT2D eigenvalue weighted by Gasteiger charge is -2.21. The molecule has 1 aromatic heterocycles. The molecule has 2 aromatic rings. The van der Waals surface area contributed by atoms with Gasteiger partial charge in [0.05, 0.1) is 5.56 Å². The number of aromatic nitrogens is 1. The molecule has 0 saturated carbocycles. The van der Waals surface area contributed by atoms with Gasteiger partial charge in [-0.15, -0.1) is 0 Å². The van der Waals surface area contributed by atoms with Crippen LogP contribution in [0.25, 0.3) is 0 Å². The summed E-state index contributed by atoms with van der Waals surface area (Å²) in [6, 6.07) is 8.90. The Balaban J connectivity index is 1.74. The van der Waals surface area contributed by atoms with Crippen LogP contribution in [0, 0.1) is 0 Å². The van der Waals surface area contributed by atoms with Gasteiger partial charge in [-0.3, -0.25) is 4.79 Å². The molecule has 6 heteroatoms. The molecule has 108 valence electrons. The highest BCUT2D eigenvalue weighted by molar-refractivity contribution is 6.32. The van der Waals surface area contributed by atoms with Gasteiger partial charge in [0.25, 0.3) is 5.91 Å². The van der Waals surface area contributed by atoms with Crippen LogP contribution < -0.4 is 14.8 Å². The topological polar surface area (TPSA) is 60.5 Å².